The predicted molar refractivity (Wildman–Crippen MR) is 162 cm³/mol. The van der Waals surface area contributed by atoms with Crippen LogP contribution >= 0.6 is 11.6 Å². The molecule has 0 spiro atoms. The van der Waals surface area contributed by atoms with Gasteiger partial charge in [-0.05, 0) is 68.1 Å². The topological polar surface area (TPSA) is 113 Å². The smallest absolute Gasteiger partial charge is 0.421 e. The maximum absolute atomic E-state index is 13.6. The van der Waals surface area contributed by atoms with Gasteiger partial charge in [-0.25, -0.2) is 22.5 Å². The lowest BCUT2D eigenvalue weighted by Gasteiger charge is -2.19. The van der Waals surface area contributed by atoms with E-state index >= 15 is 0 Å². The van der Waals surface area contributed by atoms with E-state index in [1.54, 1.807) is 52.8 Å². The van der Waals surface area contributed by atoms with Crippen LogP contribution in [0.1, 0.15) is 41.8 Å². The van der Waals surface area contributed by atoms with E-state index in [-0.39, 0.29) is 42.1 Å². The Morgan fingerprint density at radius 2 is 1.64 bits per heavy atom. The number of rotatable bonds is 9. The maximum Gasteiger partial charge on any atom is 0.421 e. The average molecular weight is 663 g/mol. The van der Waals surface area contributed by atoms with Crippen LogP contribution in [0.15, 0.2) is 65.6 Å². The summed E-state index contributed by atoms with van der Waals surface area (Å²) in [6.07, 6.45) is -4.06. The maximum atomic E-state index is 13.6. The summed E-state index contributed by atoms with van der Waals surface area (Å²) in [4.78, 5) is 30.7. The highest BCUT2D eigenvalue weighted by Gasteiger charge is 2.34. The first-order valence-corrected chi connectivity index (χ1v) is 16.0. The number of aryl methyl sites for hydroxylation is 2. The van der Waals surface area contributed by atoms with Crippen molar-refractivity contribution in [1.82, 2.24) is 18.8 Å². The zero-order valence-corrected chi connectivity index (χ0v) is 25.8. The molecular formula is C31H30ClF3N4O5S. The molecule has 14 heteroatoms. The summed E-state index contributed by atoms with van der Waals surface area (Å²) in [7, 11) is -4.30. The van der Waals surface area contributed by atoms with Crippen molar-refractivity contribution < 1.29 is 36.3 Å². The molecule has 2 amide bonds. The van der Waals surface area contributed by atoms with Crippen LogP contribution in [0.25, 0.3) is 16.7 Å². The average Bonchev–Trinajstić information content (AvgIpc) is 3.64. The molecule has 238 valence electrons. The van der Waals surface area contributed by atoms with Crippen LogP contribution in [0.4, 0.5) is 18.0 Å². The molecule has 0 radical (unpaired) electrons. The molecule has 0 unspecified atom stereocenters. The van der Waals surface area contributed by atoms with E-state index in [0.717, 1.165) is 24.5 Å². The lowest BCUT2D eigenvalue weighted by Crippen LogP contribution is -2.37. The third-order valence-electron chi connectivity index (χ3n) is 7.76. The number of likely N-dealkylation sites (tertiary alicyclic amines) is 1. The number of alkyl halides is 3. The van der Waals surface area contributed by atoms with Gasteiger partial charge >= 0.3 is 12.3 Å². The van der Waals surface area contributed by atoms with Gasteiger partial charge in [-0.1, -0.05) is 41.4 Å². The molecule has 1 fully saturated rings. The fourth-order valence-corrected chi connectivity index (χ4v) is 6.90. The Morgan fingerprint density at radius 3 is 2.24 bits per heavy atom. The number of aromatic nitrogens is 2. The number of benzene rings is 3. The third kappa shape index (κ3) is 6.94. The number of halogens is 4. The summed E-state index contributed by atoms with van der Waals surface area (Å²) in [6.45, 7) is 2.80. The highest BCUT2D eigenvalue weighted by Crippen LogP contribution is 2.38. The van der Waals surface area contributed by atoms with Crippen molar-refractivity contribution in [2.45, 2.75) is 50.1 Å². The molecule has 9 nitrogen and oxygen atoms in total. The fourth-order valence-electron chi connectivity index (χ4n) is 5.36. The van der Waals surface area contributed by atoms with Gasteiger partial charge in [0, 0.05) is 38.2 Å². The largest absolute Gasteiger partial charge is 0.464 e. The molecule has 1 aromatic heterocycles. The van der Waals surface area contributed by atoms with E-state index in [1.807, 2.05) is 0 Å². The van der Waals surface area contributed by atoms with Crippen LogP contribution in [0.3, 0.4) is 0 Å². The minimum Gasteiger partial charge on any atom is -0.464 e. The number of carbonyl (C=O) groups excluding carboxylic acids is 1. The standard InChI is InChI=1S/C31H30ClF3N4O5S/c1-20-4-10-23(11-5-20)45(43,44)38(30(41)42)17-14-21-6-8-22(9-7-21)39-27-19-25(32)24(31(33,34)35)18-26(27)36-28(39)12-13-29(40)37-15-2-3-16-37/h4-11,18-19H,2-3,12-17H2,1H3,(H,41,42). The predicted octanol–water partition coefficient (Wildman–Crippen LogP) is 6.47. The Kier molecular flexibility index (Phi) is 9.13. The second-order valence-corrected chi connectivity index (χ2v) is 13.1. The Hall–Kier alpha value is -4.10. The van der Waals surface area contributed by atoms with Gasteiger partial charge in [-0.3, -0.25) is 9.36 Å². The van der Waals surface area contributed by atoms with Gasteiger partial charge in [0.25, 0.3) is 10.0 Å². The van der Waals surface area contributed by atoms with E-state index < -0.39 is 32.9 Å². The summed E-state index contributed by atoms with van der Waals surface area (Å²) >= 11 is 6.06. The van der Waals surface area contributed by atoms with E-state index in [1.165, 1.54) is 18.2 Å². The molecular weight excluding hydrogens is 633 g/mol. The lowest BCUT2D eigenvalue weighted by atomic mass is 10.1. The quantitative estimate of drug-likeness (QED) is 0.220. The van der Waals surface area contributed by atoms with Crippen LogP contribution in [0.2, 0.25) is 5.02 Å². The van der Waals surface area contributed by atoms with Crippen molar-refractivity contribution in [1.29, 1.82) is 0 Å². The summed E-state index contributed by atoms with van der Waals surface area (Å²) in [5.41, 5.74) is 1.36. The number of nitrogens with zero attached hydrogens (tertiary/aromatic N) is 4. The molecule has 0 bridgehead atoms. The van der Waals surface area contributed by atoms with Crippen LogP contribution in [-0.2, 0) is 33.8 Å². The number of hydrogen-bond acceptors (Lipinski definition) is 5. The van der Waals surface area contributed by atoms with E-state index in [9.17, 15) is 36.3 Å². The van der Waals surface area contributed by atoms with Crippen molar-refractivity contribution in [2.24, 2.45) is 0 Å². The first-order chi connectivity index (χ1) is 21.3. The van der Waals surface area contributed by atoms with E-state index in [4.69, 9.17) is 11.6 Å². The summed E-state index contributed by atoms with van der Waals surface area (Å²) in [5, 5.41) is 9.19. The second-order valence-electron chi connectivity index (χ2n) is 10.9. The van der Waals surface area contributed by atoms with Crippen molar-refractivity contribution >= 4 is 44.7 Å². The number of hydrogen-bond donors (Lipinski definition) is 1. The minimum absolute atomic E-state index is 0.0564. The molecule has 2 heterocycles. The van der Waals surface area contributed by atoms with E-state index in [2.05, 4.69) is 4.98 Å². The number of carbonyl (C=O) groups is 2. The third-order valence-corrected chi connectivity index (χ3v) is 9.86. The molecule has 1 saturated heterocycles. The van der Waals surface area contributed by atoms with Crippen LogP contribution in [-0.4, -0.2) is 63.9 Å². The Morgan fingerprint density at radius 1 is 1.00 bits per heavy atom. The van der Waals surface area contributed by atoms with Gasteiger partial charge in [0.1, 0.15) is 5.82 Å². The summed E-state index contributed by atoms with van der Waals surface area (Å²) < 4.78 is 68.9. The zero-order valence-electron chi connectivity index (χ0n) is 24.2. The van der Waals surface area contributed by atoms with E-state index in [0.29, 0.717) is 40.0 Å². The Bertz CT molecular complexity index is 1840. The SMILES string of the molecule is Cc1ccc(S(=O)(=O)N(CCc2ccc(-n3c(CCC(=O)N4CCCC4)nc4cc(C(F)(F)F)c(Cl)cc43)cc2)C(=O)O)cc1. The number of fused-ring (bicyclic) bond motifs is 1. The van der Waals surface area contributed by atoms with Gasteiger partial charge in [-0.2, -0.15) is 13.2 Å². The zero-order chi connectivity index (χ0) is 32.5. The number of imidazole rings is 1. The van der Waals surface area contributed by atoms with Gasteiger partial charge in [0.05, 0.1) is 26.5 Å². The van der Waals surface area contributed by atoms with Crippen LogP contribution < -0.4 is 0 Å². The summed E-state index contributed by atoms with van der Waals surface area (Å²) in [6, 6.07) is 14.7. The molecule has 0 saturated carbocycles. The second kappa shape index (κ2) is 12.7. The van der Waals surface area contributed by atoms with Crippen molar-refractivity contribution in [3.63, 3.8) is 0 Å². The first-order valence-electron chi connectivity index (χ1n) is 14.2. The van der Waals surface area contributed by atoms with Gasteiger partial charge in [0.15, 0.2) is 0 Å². The highest BCUT2D eigenvalue weighted by molar-refractivity contribution is 7.89. The summed E-state index contributed by atoms with van der Waals surface area (Å²) in [5.74, 6) is 0.320. The molecule has 5 rings (SSSR count). The normalized spacial score (nSPS) is 13.8. The Labute approximate surface area is 262 Å². The van der Waals surface area contributed by atoms with Crippen LogP contribution in [0, 0.1) is 6.92 Å². The molecule has 0 atom stereocenters. The van der Waals surface area contributed by atoms with Gasteiger partial charge in [0.2, 0.25) is 5.91 Å². The Balaban J connectivity index is 1.42. The molecule has 3 aromatic carbocycles. The van der Waals surface area contributed by atoms with Gasteiger partial charge in [-0.15, -0.1) is 0 Å². The first kappa shape index (κ1) is 32.3. The van der Waals surface area contributed by atoms with Crippen LogP contribution in [0.5, 0.6) is 0 Å². The lowest BCUT2D eigenvalue weighted by molar-refractivity contribution is -0.137. The molecule has 4 aromatic rings. The van der Waals surface area contributed by atoms with Crippen molar-refractivity contribution in [3.8, 4) is 5.69 Å². The number of carboxylic acid groups (broad SMARTS) is 1. The molecule has 1 N–H and O–H groups in total. The molecule has 1 aliphatic rings. The molecule has 1 aliphatic heterocycles. The monoisotopic (exact) mass is 662 g/mol. The minimum atomic E-state index is -4.68. The molecule has 0 aliphatic carbocycles. The van der Waals surface area contributed by atoms with Crippen molar-refractivity contribution in [2.75, 3.05) is 19.6 Å². The van der Waals surface area contributed by atoms with Crippen molar-refractivity contribution in [3.05, 3.63) is 88.2 Å². The number of amides is 2. The fraction of sp³-hybridized carbons (Fsp3) is 0.323. The highest BCUT2D eigenvalue weighted by atomic mass is 35.5. The number of sulfonamides is 1. The van der Waals surface area contributed by atoms with Gasteiger partial charge < -0.3 is 10.0 Å². The molecule has 45 heavy (non-hydrogen) atoms.